The summed E-state index contributed by atoms with van der Waals surface area (Å²) in [4.78, 5) is 29.0. The molecule has 0 spiro atoms. The minimum Gasteiger partial charge on any atom is -0.349 e. The van der Waals surface area contributed by atoms with Gasteiger partial charge in [-0.05, 0) is 42.7 Å². The molecule has 1 aliphatic rings. The molecule has 2 atom stereocenters. The largest absolute Gasteiger partial charge is 0.349 e. The standard InChI is InChI=1S/C22H27N3O3S/c1-24(2)21(26)18-9-7-13-25(15-18)22(27)23-19-10-6-8-17(14-19)16-29(28)20-11-4-3-5-12-20/h3-6,8,10-12,14,18H,7,9,13,15-16H2,1-2H3,(H,23,27). The highest BCUT2D eigenvalue weighted by atomic mass is 32.2. The topological polar surface area (TPSA) is 69.7 Å². The van der Waals surface area contributed by atoms with Gasteiger partial charge in [0.2, 0.25) is 5.91 Å². The zero-order chi connectivity index (χ0) is 20.8. The zero-order valence-electron chi connectivity index (χ0n) is 16.8. The molecule has 2 aromatic rings. The van der Waals surface area contributed by atoms with E-state index in [0.717, 1.165) is 23.3 Å². The summed E-state index contributed by atoms with van der Waals surface area (Å²) in [6.07, 6.45) is 1.62. The second kappa shape index (κ2) is 9.69. The maximum atomic E-state index is 12.7. The van der Waals surface area contributed by atoms with Gasteiger partial charge in [0.1, 0.15) is 0 Å². The molecule has 3 rings (SSSR count). The number of carbonyl (C=O) groups excluding carboxylic acids is 2. The molecule has 1 aliphatic heterocycles. The van der Waals surface area contributed by atoms with Gasteiger partial charge in [-0.25, -0.2) is 4.79 Å². The molecule has 1 fully saturated rings. The fraction of sp³-hybridized carbons (Fsp3) is 0.364. The first-order valence-corrected chi connectivity index (χ1v) is 11.1. The van der Waals surface area contributed by atoms with Gasteiger partial charge < -0.3 is 15.1 Å². The van der Waals surface area contributed by atoms with E-state index in [1.54, 1.807) is 23.9 Å². The smallest absolute Gasteiger partial charge is 0.321 e. The van der Waals surface area contributed by atoms with Crippen LogP contribution < -0.4 is 5.32 Å². The van der Waals surface area contributed by atoms with E-state index in [0.29, 0.717) is 24.5 Å². The van der Waals surface area contributed by atoms with Crippen molar-refractivity contribution in [3.05, 3.63) is 60.2 Å². The highest BCUT2D eigenvalue weighted by Gasteiger charge is 2.29. The summed E-state index contributed by atoms with van der Waals surface area (Å²) in [6, 6.07) is 16.6. The van der Waals surface area contributed by atoms with Crippen LogP contribution in [0.3, 0.4) is 0 Å². The molecule has 1 heterocycles. The molecule has 2 unspecified atom stereocenters. The lowest BCUT2D eigenvalue weighted by atomic mass is 9.97. The summed E-state index contributed by atoms with van der Waals surface area (Å²) >= 11 is 0. The number of likely N-dealkylation sites (tertiary alicyclic amines) is 1. The van der Waals surface area contributed by atoms with E-state index < -0.39 is 10.8 Å². The number of nitrogens with zero attached hydrogens (tertiary/aromatic N) is 2. The van der Waals surface area contributed by atoms with Crippen LogP contribution in [0.5, 0.6) is 0 Å². The van der Waals surface area contributed by atoms with Gasteiger partial charge in [0.05, 0.1) is 22.5 Å². The molecule has 7 heteroatoms. The van der Waals surface area contributed by atoms with Crippen LogP contribution in [0, 0.1) is 5.92 Å². The van der Waals surface area contributed by atoms with Gasteiger partial charge in [-0.3, -0.25) is 9.00 Å². The van der Waals surface area contributed by atoms with E-state index in [2.05, 4.69) is 5.32 Å². The van der Waals surface area contributed by atoms with Gasteiger partial charge in [-0.1, -0.05) is 30.3 Å². The maximum Gasteiger partial charge on any atom is 0.321 e. The molecule has 29 heavy (non-hydrogen) atoms. The van der Waals surface area contributed by atoms with Crippen LogP contribution in [0.15, 0.2) is 59.5 Å². The van der Waals surface area contributed by atoms with Crippen LogP contribution in [0.25, 0.3) is 0 Å². The molecular formula is C22H27N3O3S. The molecule has 1 N–H and O–H groups in total. The van der Waals surface area contributed by atoms with E-state index in [4.69, 9.17) is 0 Å². The van der Waals surface area contributed by atoms with E-state index >= 15 is 0 Å². The molecule has 2 aromatic carbocycles. The third-order valence-corrected chi connectivity index (χ3v) is 6.37. The molecule has 0 bridgehead atoms. The van der Waals surface area contributed by atoms with Crippen LogP contribution in [-0.2, 0) is 21.3 Å². The van der Waals surface area contributed by atoms with Gasteiger partial charge in [-0.15, -0.1) is 0 Å². The van der Waals surface area contributed by atoms with Crippen molar-refractivity contribution in [2.75, 3.05) is 32.5 Å². The number of urea groups is 1. The SMILES string of the molecule is CN(C)C(=O)C1CCCN(C(=O)Nc2cccc(CS(=O)c3ccccc3)c2)C1. The van der Waals surface area contributed by atoms with Gasteiger partial charge >= 0.3 is 6.03 Å². The lowest BCUT2D eigenvalue weighted by molar-refractivity contribution is -0.134. The van der Waals surface area contributed by atoms with E-state index in [1.807, 2.05) is 54.6 Å². The number of hydrogen-bond acceptors (Lipinski definition) is 3. The summed E-state index contributed by atoms with van der Waals surface area (Å²) in [5, 5.41) is 2.92. The molecule has 0 saturated carbocycles. The third-order valence-electron chi connectivity index (χ3n) is 4.98. The van der Waals surface area contributed by atoms with Crippen molar-refractivity contribution in [1.82, 2.24) is 9.80 Å². The highest BCUT2D eigenvalue weighted by molar-refractivity contribution is 7.84. The summed E-state index contributed by atoms with van der Waals surface area (Å²) in [5.74, 6) is 0.300. The molecular weight excluding hydrogens is 386 g/mol. The second-order valence-corrected chi connectivity index (χ2v) is 8.90. The molecule has 1 saturated heterocycles. The van der Waals surface area contributed by atoms with Gasteiger partial charge in [0, 0.05) is 37.8 Å². The van der Waals surface area contributed by atoms with Crippen LogP contribution in [0.4, 0.5) is 10.5 Å². The van der Waals surface area contributed by atoms with Crippen molar-refractivity contribution < 1.29 is 13.8 Å². The van der Waals surface area contributed by atoms with Crippen molar-refractivity contribution in [1.29, 1.82) is 0 Å². The number of hydrogen-bond donors (Lipinski definition) is 1. The monoisotopic (exact) mass is 413 g/mol. The molecule has 0 aromatic heterocycles. The van der Waals surface area contributed by atoms with Crippen molar-refractivity contribution in [3.8, 4) is 0 Å². The Morgan fingerprint density at radius 2 is 1.90 bits per heavy atom. The van der Waals surface area contributed by atoms with Crippen LogP contribution in [-0.4, -0.2) is 53.1 Å². The minimum atomic E-state index is -1.14. The molecule has 3 amide bonds. The Bertz CT molecular complexity index is 886. The Labute approximate surface area is 174 Å². The number of nitrogens with one attached hydrogen (secondary N) is 1. The van der Waals surface area contributed by atoms with E-state index in [1.165, 1.54) is 0 Å². The summed E-state index contributed by atoms with van der Waals surface area (Å²) in [5.41, 5.74) is 1.56. The lowest BCUT2D eigenvalue weighted by Gasteiger charge is -2.33. The first kappa shape index (κ1) is 21.0. The fourth-order valence-corrected chi connectivity index (χ4v) is 4.59. The number of piperidine rings is 1. The Balaban J connectivity index is 1.61. The van der Waals surface area contributed by atoms with Gasteiger partial charge in [0.15, 0.2) is 0 Å². The van der Waals surface area contributed by atoms with E-state index in [-0.39, 0.29) is 17.9 Å². The molecule has 0 radical (unpaired) electrons. The first-order valence-electron chi connectivity index (χ1n) is 9.73. The normalized spacial score (nSPS) is 17.4. The number of carbonyl (C=O) groups is 2. The Morgan fingerprint density at radius 1 is 1.14 bits per heavy atom. The van der Waals surface area contributed by atoms with Gasteiger partial charge in [0.25, 0.3) is 0 Å². The predicted molar refractivity (Wildman–Crippen MR) is 115 cm³/mol. The average molecular weight is 414 g/mol. The number of amides is 3. The number of benzene rings is 2. The first-order chi connectivity index (χ1) is 13.9. The fourth-order valence-electron chi connectivity index (χ4n) is 3.48. The zero-order valence-corrected chi connectivity index (χ0v) is 17.7. The van der Waals surface area contributed by atoms with E-state index in [9.17, 15) is 13.8 Å². The van der Waals surface area contributed by atoms with Crippen LogP contribution in [0.2, 0.25) is 0 Å². The second-order valence-electron chi connectivity index (χ2n) is 7.45. The minimum absolute atomic E-state index is 0.0629. The van der Waals surface area contributed by atoms with Crippen molar-refractivity contribution >= 4 is 28.4 Å². The Morgan fingerprint density at radius 3 is 2.62 bits per heavy atom. The quantitative estimate of drug-likeness (QED) is 0.817. The summed E-state index contributed by atoms with van der Waals surface area (Å²) < 4.78 is 12.5. The van der Waals surface area contributed by atoms with Gasteiger partial charge in [-0.2, -0.15) is 0 Å². The molecule has 6 nitrogen and oxygen atoms in total. The van der Waals surface area contributed by atoms with Crippen molar-refractivity contribution in [2.45, 2.75) is 23.5 Å². The number of rotatable bonds is 5. The predicted octanol–water partition coefficient (Wildman–Crippen LogP) is 3.33. The third kappa shape index (κ3) is 5.67. The highest BCUT2D eigenvalue weighted by Crippen LogP contribution is 2.20. The molecule has 154 valence electrons. The van der Waals surface area contributed by atoms with Crippen molar-refractivity contribution in [3.63, 3.8) is 0 Å². The lowest BCUT2D eigenvalue weighted by Crippen LogP contribution is -2.46. The summed E-state index contributed by atoms with van der Waals surface area (Å²) in [6.45, 7) is 1.07. The van der Waals surface area contributed by atoms with Crippen LogP contribution >= 0.6 is 0 Å². The Kier molecular flexibility index (Phi) is 7.04. The maximum absolute atomic E-state index is 12.7. The van der Waals surface area contributed by atoms with Crippen molar-refractivity contribution in [2.24, 2.45) is 5.92 Å². The Hall–Kier alpha value is -2.67. The average Bonchev–Trinajstić information content (AvgIpc) is 2.74. The van der Waals surface area contributed by atoms with Crippen LogP contribution in [0.1, 0.15) is 18.4 Å². The number of anilines is 1. The molecule has 0 aliphatic carbocycles. The summed E-state index contributed by atoms with van der Waals surface area (Å²) in [7, 11) is 2.35.